The van der Waals surface area contributed by atoms with E-state index in [1.165, 1.54) is 29.1 Å². The lowest BCUT2D eigenvalue weighted by atomic mass is 10.2. The van der Waals surface area contributed by atoms with Crippen molar-refractivity contribution in [3.05, 3.63) is 45.0 Å². The zero-order chi connectivity index (χ0) is 13.3. The van der Waals surface area contributed by atoms with Gasteiger partial charge in [-0.2, -0.15) is 0 Å². The molecule has 0 amide bonds. The average molecular weight is 247 g/mol. The first kappa shape index (κ1) is 12.2. The van der Waals surface area contributed by atoms with Gasteiger partial charge in [-0.15, -0.1) is 0 Å². The fourth-order valence-corrected chi connectivity index (χ4v) is 1.78. The number of nitro benzene ring substituents is 1. The van der Waals surface area contributed by atoms with Gasteiger partial charge in [0, 0.05) is 18.7 Å². The Morgan fingerprint density at radius 3 is 2.78 bits per heavy atom. The minimum absolute atomic E-state index is 0.0938. The van der Waals surface area contributed by atoms with Crippen molar-refractivity contribution in [1.82, 2.24) is 9.55 Å². The van der Waals surface area contributed by atoms with E-state index < -0.39 is 4.92 Å². The minimum atomic E-state index is -0.515. The van der Waals surface area contributed by atoms with Crippen LogP contribution in [-0.2, 0) is 6.54 Å². The van der Waals surface area contributed by atoms with Gasteiger partial charge in [0.05, 0.1) is 22.2 Å². The maximum atomic E-state index is 12.1. The Morgan fingerprint density at radius 1 is 1.44 bits per heavy atom. The van der Waals surface area contributed by atoms with Crippen LogP contribution in [0.15, 0.2) is 29.3 Å². The van der Waals surface area contributed by atoms with E-state index in [1.54, 1.807) is 0 Å². The largest absolute Gasteiger partial charge is 0.298 e. The van der Waals surface area contributed by atoms with Gasteiger partial charge >= 0.3 is 0 Å². The van der Waals surface area contributed by atoms with Crippen molar-refractivity contribution in [2.75, 3.05) is 0 Å². The molecular formula is C12H13N3O3. The van der Waals surface area contributed by atoms with Gasteiger partial charge in [0.15, 0.2) is 0 Å². The van der Waals surface area contributed by atoms with E-state index in [2.05, 4.69) is 4.98 Å². The number of fused-ring (bicyclic) bond motifs is 1. The van der Waals surface area contributed by atoms with Gasteiger partial charge in [-0.1, -0.05) is 13.8 Å². The standard InChI is InChI=1S/C12H13N3O3/c1-8(2)6-14-7-13-11-4-3-9(15(17)18)5-10(11)12(14)16/h3-5,7-8H,6H2,1-2H3. The Morgan fingerprint density at radius 2 is 2.17 bits per heavy atom. The van der Waals surface area contributed by atoms with Gasteiger partial charge in [-0.25, -0.2) is 4.98 Å². The first-order valence-corrected chi connectivity index (χ1v) is 5.62. The highest BCUT2D eigenvalue weighted by atomic mass is 16.6. The molecule has 0 aliphatic heterocycles. The molecule has 0 spiro atoms. The van der Waals surface area contributed by atoms with Crippen LogP contribution >= 0.6 is 0 Å². The van der Waals surface area contributed by atoms with Crippen LogP contribution in [0.2, 0.25) is 0 Å². The highest BCUT2D eigenvalue weighted by Crippen LogP contribution is 2.16. The van der Waals surface area contributed by atoms with Gasteiger partial charge in [0.25, 0.3) is 11.2 Å². The zero-order valence-corrected chi connectivity index (χ0v) is 10.2. The summed E-state index contributed by atoms with van der Waals surface area (Å²) >= 11 is 0. The Bertz CT molecular complexity index is 661. The van der Waals surface area contributed by atoms with Crippen molar-refractivity contribution in [2.24, 2.45) is 5.92 Å². The first-order chi connectivity index (χ1) is 8.49. The first-order valence-electron chi connectivity index (χ1n) is 5.62. The molecule has 0 atom stereocenters. The lowest BCUT2D eigenvalue weighted by Crippen LogP contribution is -2.22. The predicted molar refractivity (Wildman–Crippen MR) is 67.5 cm³/mol. The molecule has 0 fully saturated rings. The smallest absolute Gasteiger partial charge is 0.270 e. The molecule has 0 unspecified atom stereocenters. The number of nitrogens with zero attached hydrogens (tertiary/aromatic N) is 3. The molecule has 6 nitrogen and oxygen atoms in total. The number of nitro groups is 1. The van der Waals surface area contributed by atoms with Gasteiger partial charge in [0.1, 0.15) is 0 Å². The molecule has 0 saturated heterocycles. The predicted octanol–water partition coefficient (Wildman–Crippen LogP) is 1.96. The van der Waals surface area contributed by atoms with Crippen LogP contribution in [0.4, 0.5) is 5.69 Å². The summed E-state index contributed by atoms with van der Waals surface area (Å²) < 4.78 is 1.48. The van der Waals surface area contributed by atoms with Crippen LogP contribution in [0.3, 0.4) is 0 Å². The molecule has 2 aromatic rings. The number of rotatable bonds is 3. The van der Waals surface area contributed by atoms with E-state index in [-0.39, 0.29) is 16.6 Å². The van der Waals surface area contributed by atoms with Crippen LogP contribution in [0.25, 0.3) is 10.9 Å². The van der Waals surface area contributed by atoms with E-state index in [0.29, 0.717) is 18.0 Å². The molecule has 0 aliphatic carbocycles. The minimum Gasteiger partial charge on any atom is -0.298 e. The number of benzene rings is 1. The summed E-state index contributed by atoms with van der Waals surface area (Å²) in [4.78, 5) is 26.5. The SMILES string of the molecule is CC(C)Cn1cnc2ccc([N+](=O)[O-])cc2c1=O. The molecule has 2 rings (SSSR count). The maximum absolute atomic E-state index is 12.1. The average Bonchev–Trinajstić information content (AvgIpc) is 2.32. The van der Waals surface area contributed by atoms with Crippen molar-refractivity contribution in [3.8, 4) is 0 Å². The highest BCUT2D eigenvalue weighted by Gasteiger charge is 2.11. The Labute approximate surface area is 103 Å². The second kappa shape index (κ2) is 4.56. The number of aromatic nitrogens is 2. The Hall–Kier alpha value is -2.24. The number of hydrogen-bond acceptors (Lipinski definition) is 4. The molecule has 0 saturated carbocycles. The second-order valence-electron chi connectivity index (χ2n) is 4.55. The van der Waals surface area contributed by atoms with Crippen LogP contribution in [0.1, 0.15) is 13.8 Å². The van der Waals surface area contributed by atoms with E-state index in [1.807, 2.05) is 13.8 Å². The van der Waals surface area contributed by atoms with Crippen LogP contribution in [-0.4, -0.2) is 14.5 Å². The van der Waals surface area contributed by atoms with Crippen LogP contribution < -0.4 is 5.56 Å². The quantitative estimate of drug-likeness (QED) is 0.613. The van der Waals surface area contributed by atoms with Crippen molar-refractivity contribution in [1.29, 1.82) is 0 Å². The summed E-state index contributed by atoms with van der Waals surface area (Å²) in [5, 5.41) is 11.0. The van der Waals surface area contributed by atoms with Crippen molar-refractivity contribution in [3.63, 3.8) is 0 Å². The third-order valence-corrected chi connectivity index (χ3v) is 2.58. The van der Waals surface area contributed by atoms with Crippen LogP contribution in [0.5, 0.6) is 0 Å². The van der Waals surface area contributed by atoms with Crippen molar-refractivity contribution >= 4 is 16.6 Å². The van der Waals surface area contributed by atoms with Crippen LogP contribution in [0, 0.1) is 16.0 Å². The molecule has 0 aliphatic rings. The zero-order valence-electron chi connectivity index (χ0n) is 10.2. The third-order valence-electron chi connectivity index (χ3n) is 2.58. The molecular weight excluding hydrogens is 234 g/mol. The molecule has 1 aromatic carbocycles. The molecule has 0 bridgehead atoms. The van der Waals surface area contributed by atoms with Gasteiger partial charge < -0.3 is 0 Å². The van der Waals surface area contributed by atoms with E-state index in [9.17, 15) is 14.9 Å². The van der Waals surface area contributed by atoms with E-state index >= 15 is 0 Å². The summed E-state index contributed by atoms with van der Waals surface area (Å²) in [6.45, 7) is 4.53. The van der Waals surface area contributed by atoms with Gasteiger partial charge in [-0.3, -0.25) is 19.5 Å². The lowest BCUT2D eigenvalue weighted by molar-refractivity contribution is -0.384. The molecule has 1 aromatic heterocycles. The Balaban J connectivity index is 2.64. The molecule has 94 valence electrons. The van der Waals surface area contributed by atoms with E-state index in [0.717, 1.165) is 0 Å². The summed E-state index contributed by atoms with van der Waals surface area (Å²) in [6.07, 6.45) is 1.48. The third kappa shape index (κ3) is 2.22. The van der Waals surface area contributed by atoms with E-state index in [4.69, 9.17) is 0 Å². The van der Waals surface area contributed by atoms with Crippen molar-refractivity contribution in [2.45, 2.75) is 20.4 Å². The lowest BCUT2D eigenvalue weighted by Gasteiger charge is -2.08. The monoisotopic (exact) mass is 247 g/mol. The molecule has 18 heavy (non-hydrogen) atoms. The molecule has 6 heteroatoms. The second-order valence-corrected chi connectivity index (χ2v) is 4.55. The molecule has 0 radical (unpaired) electrons. The highest BCUT2D eigenvalue weighted by molar-refractivity contribution is 5.79. The number of non-ortho nitro benzene ring substituents is 1. The Kier molecular flexibility index (Phi) is 3.10. The normalized spacial score (nSPS) is 11.1. The topological polar surface area (TPSA) is 78.0 Å². The molecule has 0 N–H and O–H groups in total. The summed E-state index contributed by atoms with van der Waals surface area (Å²) in [5.41, 5.74) is 0.145. The van der Waals surface area contributed by atoms with Crippen molar-refractivity contribution < 1.29 is 4.92 Å². The van der Waals surface area contributed by atoms with Gasteiger partial charge in [-0.05, 0) is 12.0 Å². The number of hydrogen-bond donors (Lipinski definition) is 0. The fraction of sp³-hybridized carbons (Fsp3) is 0.333. The van der Waals surface area contributed by atoms with Gasteiger partial charge in [0.2, 0.25) is 0 Å². The molecule has 1 heterocycles. The summed E-state index contributed by atoms with van der Waals surface area (Å²) in [6, 6.07) is 4.12. The maximum Gasteiger partial charge on any atom is 0.270 e. The summed E-state index contributed by atoms with van der Waals surface area (Å²) in [5.74, 6) is 0.306. The summed E-state index contributed by atoms with van der Waals surface area (Å²) in [7, 11) is 0. The fourth-order valence-electron chi connectivity index (χ4n) is 1.78.